The van der Waals surface area contributed by atoms with Gasteiger partial charge in [0.25, 0.3) is 0 Å². The van der Waals surface area contributed by atoms with Gasteiger partial charge >= 0.3 is 0 Å². The largest absolute Gasteiger partial charge is 0.341 e. The molecule has 5 atom stereocenters. The number of nitrogens with zero attached hydrogens (tertiary/aromatic N) is 1. The van der Waals surface area contributed by atoms with Gasteiger partial charge in [0.1, 0.15) is 5.37 Å². The normalized spacial score (nSPS) is 38.4. The summed E-state index contributed by atoms with van der Waals surface area (Å²) >= 11 is 5.44. The number of thioether (sulfide) groups is 3. The van der Waals surface area contributed by atoms with Crippen LogP contribution in [0.4, 0.5) is 0 Å². The summed E-state index contributed by atoms with van der Waals surface area (Å²) in [6, 6.07) is 0.494. The van der Waals surface area contributed by atoms with Crippen molar-refractivity contribution < 1.29 is 9.59 Å². The molecule has 140 valence electrons. The van der Waals surface area contributed by atoms with Crippen LogP contribution >= 0.6 is 35.3 Å². The standard InChI is InChI=1S/C17H27N3O2S3/c21-14(16-18-12-3-1-2-4-13(12)25-16)19-15-11(5-8-24-15)17(22)20-6-9-23-10-7-20/h11-13,15-16,18H,1-10H2,(H,19,21). The molecule has 0 aromatic heterocycles. The van der Waals surface area contributed by atoms with E-state index in [1.54, 1.807) is 23.5 Å². The van der Waals surface area contributed by atoms with Crippen molar-refractivity contribution in [3.05, 3.63) is 0 Å². The third-order valence-electron chi connectivity index (χ3n) is 5.63. The fourth-order valence-electron chi connectivity index (χ4n) is 4.22. The van der Waals surface area contributed by atoms with Crippen LogP contribution in [0.2, 0.25) is 0 Å². The first-order chi connectivity index (χ1) is 12.2. The summed E-state index contributed by atoms with van der Waals surface area (Å²) in [5, 5.41) is 7.10. The van der Waals surface area contributed by atoms with Crippen molar-refractivity contribution in [1.29, 1.82) is 0 Å². The van der Waals surface area contributed by atoms with Crippen molar-refractivity contribution in [3.63, 3.8) is 0 Å². The molecule has 3 saturated heterocycles. The van der Waals surface area contributed by atoms with Gasteiger partial charge in [-0.25, -0.2) is 0 Å². The molecule has 2 amide bonds. The summed E-state index contributed by atoms with van der Waals surface area (Å²) in [4.78, 5) is 27.6. The quantitative estimate of drug-likeness (QED) is 0.751. The summed E-state index contributed by atoms with van der Waals surface area (Å²) in [6.07, 6.45) is 5.85. The first-order valence-electron chi connectivity index (χ1n) is 9.42. The molecular weight excluding hydrogens is 374 g/mol. The Balaban J connectivity index is 1.33. The maximum atomic E-state index is 12.8. The van der Waals surface area contributed by atoms with E-state index in [-0.39, 0.29) is 28.5 Å². The monoisotopic (exact) mass is 401 g/mol. The lowest BCUT2D eigenvalue weighted by Crippen LogP contribution is -2.50. The lowest BCUT2D eigenvalue weighted by atomic mass is 9.95. The number of hydrogen-bond acceptors (Lipinski definition) is 6. The van der Waals surface area contributed by atoms with E-state index in [0.717, 1.165) is 36.8 Å². The second-order valence-electron chi connectivity index (χ2n) is 7.24. The van der Waals surface area contributed by atoms with Gasteiger partial charge in [-0.3, -0.25) is 14.9 Å². The fourth-order valence-corrected chi connectivity index (χ4v) is 7.95. The van der Waals surface area contributed by atoms with Gasteiger partial charge < -0.3 is 10.2 Å². The molecule has 4 rings (SSSR count). The molecule has 2 N–H and O–H groups in total. The third-order valence-corrected chi connectivity index (χ3v) is 9.39. The molecule has 8 heteroatoms. The van der Waals surface area contributed by atoms with E-state index in [9.17, 15) is 9.59 Å². The molecule has 0 aromatic rings. The summed E-state index contributed by atoms with van der Waals surface area (Å²) in [6.45, 7) is 1.71. The predicted octanol–water partition coefficient (Wildman–Crippen LogP) is 1.73. The van der Waals surface area contributed by atoms with E-state index < -0.39 is 0 Å². The second-order valence-corrected chi connectivity index (χ2v) is 11.1. The Morgan fingerprint density at radius 1 is 1.04 bits per heavy atom. The fraction of sp³-hybridized carbons (Fsp3) is 0.882. The molecule has 25 heavy (non-hydrogen) atoms. The molecule has 5 unspecified atom stereocenters. The van der Waals surface area contributed by atoms with Crippen molar-refractivity contribution >= 4 is 47.1 Å². The maximum absolute atomic E-state index is 12.8. The Morgan fingerprint density at radius 3 is 2.64 bits per heavy atom. The van der Waals surface area contributed by atoms with Crippen LogP contribution in [0.1, 0.15) is 32.1 Å². The summed E-state index contributed by atoms with van der Waals surface area (Å²) in [5.74, 6) is 3.30. The Labute approximate surface area is 162 Å². The molecule has 5 nitrogen and oxygen atoms in total. The zero-order valence-corrected chi connectivity index (χ0v) is 16.9. The minimum absolute atomic E-state index is 0.0502. The van der Waals surface area contributed by atoms with Crippen molar-refractivity contribution in [3.8, 4) is 0 Å². The highest BCUT2D eigenvalue weighted by Crippen LogP contribution is 2.38. The minimum atomic E-state index is -0.142. The van der Waals surface area contributed by atoms with Crippen LogP contribution in [0.3, 0.4) is 0 Å². The van der Waals surface area contributed by atoms with Gasteiger partial charge in [0.05, 0.1) is 11.3 Å². The number of rotatable bonds is 3. The zero-order valence-electron chi connectivity index (χ0n) is 14.4. The molecule has 1 aliphatic carbocycles. The van der Waals surface area contributed by atoms with Crippen LogP contribution in [-0.2, 0) is 9.59 Å². The first kappa shape index (κ1) is 18.3. The minimum Gasteiger partial charge on any atom is -0.341 e. The average molecular weight is 402 g/mol. The highest BCUT2D eigenvalue weighted by atomic mass is 32.2. The van der Waals surface area contributed by atoms with Gasteiger partial charge in [-0.1, -0.05) is 12.8 Å². The molecular formula is C17H27N3O2S3. The molecule has 0 bridgehead atoms. The Morgan fingerprint density at radius 2 is 1.84 bits per heavy atom. The first-order valence-corrected chi connectivity index (χ1v) is 12.6. The molecule has 0 radical (unpaired) electrons. The molecule has 3 heterocycles. The van der Waals surface area contributed by atoms with Crippen LogP contribution < -0.4 is 10.6 Å². The number of hydrogen-bond donors (Lipinski definition) is 2. The lowest BCUT2D eigenvalue weighted by molar-refractivity contribution is -0.135. The van der Waals surface area contributed by atoms with Gasteiger partial charge in [-0.15, -0.1) is 23.5 Å². The molecule has 3 aliphatic heterocycles. The van der Waals surface area contributed by atoms with Gasteiger partial charge in [0.2, 0.25) is 11.8 Å². The topological polar surface area (TPSA) is 61.4 Å². The zero-order chi connectivity index (χ0) is 17.2. The van der Waals surface area contributed by atoms with E-state index in [0.29, 0.717) is 11.3 Å². The van der Waals surface area contributed by atoms with Crippen LogP contribution in [0.25, 0.3) is 0 Å². The van der Waals surface area contributed by atoms with Crippen molar-refractivity contribution in [2.45, 2.75) is 54.1 Å². The summed E-state index contributed by atoms with van der Waals surface area (Å²) < 4.78 is 0. The van der Waals surface area contributed by atoms with Gasteiger partial charge in [-0.2, -0.15) is 11.8 Å². The number of fused-ring (bicyclic) bond motifs is 1. The van der Waals surface area contributed by atoms with E-state index in [1.165, 1.54) is 25.7 Å². The third kappa shape index (κ3) is 4.12. The molecule has 0 spiro atoms. The Kier molecular flexibility index (Phi) is 6.09. The molecule has 4 fully saturated rings. The maximum Gasteiger partial charge on any atom is 0.248 e. The number of amides is 2. The lowest BCUT2D eigenvalue weighted by Gasteiger charge is -2.31. The van der Waals surface area contributed by atoms with Gasteiger partial charge in [0, 0.05) is 35.9 Å². The van der Waals surface area contributed by atoms with Crippen LogP contribution in [0, 0.1) is 5.92 Å². The number of carbonyl (C=O) groups is 2. The predicted molar refractivity (Wildman–Crippen MR) is 107 cm³/mol. The summed E-state index contributed by atoms with van der Waals surface area (Å²) in [5.41, 5.74) is 0. The van der Waals surface area contributed by atoms with Crippen molar-refractivity contribution in [2.24, 2.45) is 5.92 Å². The highest BCUT2D eigenvalue weighted by molar-refractivity contribution is 8.01. The van der Waals surface area contributed by atoms with E-state index in [2.05, 4.69) is 10.6 Å². The second kappa shape index (κ2) is 8.31. The number of carbonyl (C=O) groups excluding carboxylic acids is 2. The smallest absolute Gasteiger partial charge is 0.248 e. The van der Waals surface area contributed by atoms with E-state index >= 15 is 0 Å². The molecule has 4 aliphatic rings. The van der Waals surface area contributed by atoms with Crippen molar-refractivity contribution in [2.75, 3.05) is 30.3 Å². The van der Waals surface area contributed by atoms with Crippen LogP contribution in [0.15, 0.2) is 0 Å². The van der Waals surface area contributed by atoms with Crippen LogP contribution in [-0.4, -0.2) is 69.1 Å². The van der Waals surface area contributed by atoms with E-state index in [4.69, 9.17) is 0 Å². The van der Waals surface area contributed by atoms with Crippen molar-refractivity contribution in [1.82, 2.24) is 15.5 Å². The Hall–Kier alpha value is -0.0500. The average Bonchev–Trinajstić information content (AvgIpc) is 3.28. The van der Waals surface area contributed by atoms with Crippen LogP contribution in [0.5, 0.6) is 0 Å². The number of nitrogens with one attached hydrogen (secondary N) is 2. The highest BCUT2D eigenvalue weighted by Gasteiger charge is 2.42. The Bertz CT molecular complexity index is 501. The van der Waals surface area contributed by atoms with Gasteiger partial charge in [-0.05, 0) is 25.0 Å². The molecule has 1 saturated carbocycles. The molecule has 0 aromatic carbocycles. The van der Waals surface area contributed by atoms with E-state index in [1.807, 2.05) is 16.7 Å². The summed E-state index contributed by atoms with van der Waals surface area (Å²) in [7, 11) is 0. The van der Waals surface area contributed by atoms with Gasteiger partial charge in [0.15, 0.2) is 0 Å². The SMILES string of the molecule is O=C(NC1SCCC1C(=O)N1CCSCC1)C1NC2CCCCC2S1.